The van der Waals surface area contributed by atoms with Crippen molar-refractivity contribution in [3.05, 3.63) is 17.5 Å². The molecule has 2 rings (SSSR count). The van der Waals surface area contributed by atoms with Crippen LogP contribution in [-0.4, -0.2) is 39.5 Å². The van der Waals surface area contributed by atoms with Crippen molar-refractivity contribution in [2.24, 2.45) is 11.7 Å². The second-order valence-electron chi connectivity index (χ2n) is 4.94. The largest absolute Gasteiger partial charge is 0.369 e. The first kappa shape index (κ1) is 12.6. The highest BCUT2D eigenvalue weighted by Crippen LogP contribution is 2.21. The Labute approximate surface area is 106 Å². The fourth-order valence-electron chi connectivity index (χ4n) is 2.34. The molecule has 6 heteroatoms. The van der Waals surface area contributed by atoms with Crippen LogP contribution in [0.4, 0.5) is 0 Å². The van der Waals surface area contributed by atoms with E-state index in [-0.39, 0.29) is 24.3 Å². The van der Waals surface area contributed by atoms with Crippen molar-refractivity contribution in [1.82, 2.24) is 15.1 Å². The average Bonchev–Trinajstić information content (AvgIpc) is 2.85. The number of amides is 2. The first-order valence-electron chi connectivity index (χ1n) is 6.07. The highest BCUT2D eigenvalue weighted by Gasteiger charge is 2.35. The number of nitrogens with zero attached hydrogens (tertiary/aromatic N) is 2. The van der Waals surface area contributed by atoms with Gasteiger partial charge < -0.3 is 10.6 Å². The van der Waals surface area contributed by atoms with E-state index in [0.717, 1.165) is 11.4 Å². The Bertz CT molecular complexity index is 468. The Hall–Kier alpha value is -1.85. The van der Waals surface area contributed by atoms with E-state index in [1.54, 1.807) is 4.90 Å². The number of aryl methyl sites for hydroxylation is 1. The van der Waals surface area contributed by atoms with E-state index < -0.39 is 5.91 Å². The van der Waals surface area contributed by atoms with Crippen molar-refractivity contribution >= 4 is 11.8 Å². The number of nitrogens with one attached hydrogen (secondary N) is 1. The van der Waals surface area contributed by atoms with Gasteiger partial charge in [0.05, 0.1) is 11.6 Å². The van der Waals surface area contributed by atoms with E-state index in [2.05, 4.69) is 10.2 Å². The van der Waals surface area contributed by atoms with E-state index in [0.29, 0.717) is 13.0 Å². The maximum Gasteiger partial charge on any atom is 0.223 e. The summed E-state index contributed by atoms with van der Waals surface area (Å²) < 4.78 is 0. The first-order chi connectivity index (χ1) is 8.47. The van der Waals surface area contributed by atoms with Crippen LogP contribution in [-0.2, 0) is 16.0 Å². The lowest BCUT2D eigenvalue weighted by atomic mass is 10.1. The molecule has 6 nitrogen and oxygen atoms in total. The normalized spacial score (nSPS) is 21.3. The topological polar surface area (TPSA) is 92.1 Å². The highest BCUT2D eigenvalue weighted by molar-refractivity contribution is 5.88. The molecule has 1 fully saturated rings. The molecule has 3 N–H and O–H groups in total. The van der Waals surface area contributed by atoms with Crippen LogP contribution in [0, 0.1) is 12.8 Å². The summed E-state index contributed by atoms with van der Waals surface area (Å²) in [4.78, 5) is 24.6. The molecule has 0 aromatic carbocycles. The van der Waals surface area contributed by atoms with Gasteiger partial charge in [-0.1, -0.05) is 0 Å². The Kier molecular flexibility index (Phi) is 3.36. The third-order valence-corrected chi connectivity index (χ3v) is 3.36. The molecule has 2 heterocycles. The number of carbonyl (C=O) groups excluding carboxylic acids is 2. The molecule has 98 valence electrons. The van der Waals surface area contributed by atoms with Gasteiger partial charge in [-0.3, -0.25) is 14.7 Å². The van der Waals surface area contributed by atoms with Gasteiger partial charge in [0.15, 0.2) is 0 Å². The number of H-pyrrole nitrogens is 1. The Morgan fingerprint density at radius 1 is 1.72 bits per heavy atom. The lowest BCUT2D eigenvalue weighted by molar-refractivity contribution is -0.129. The average molecular weight is 250 g/mol. The zero-order valence-electron chi connectivity index (χ0n) is 10.6. The quantitative estimate of drug-likeness (QED) is 0.786. The van der Waals surface area contributed by atoms with E-state index in [1.807, 2.05) is 19.9 Å². The Morgan fingerprint density at radius 2 is 2.44 bits per heavy atom. The monoisotopic (exact) mass is 250 g/mol. The van der Waals surface area contributed by atoms with E-state index >= 15 is 0 Å². The van der Waals surface area contributed by atoms with Gasteiger partial charge in [0.1, 0.15) is 0 Å². The second-order valence-corrected chi connectivity index (χ2v) is 4.94. The van der Waals surface area contributed by atoms with Gasteiger partial charge in [0, 0.05) is 31.1 Å². The molecule has 1 aliphatic rings. The predicted molar refractivity (Wildman–Crippen MR) is 65.5 cm³/mol. The first-order valence-corrected chi connectivity index (χ1v) is 6.07. The fourth-order valence-corrected chi connectivity index (χ4v) is 2.34. The summed E-state index contributed by atoms with van der Waals surface area (Å²) in [5, 5.41) is 7.03. The van der Waals surface area contributed by atoms with Crippen molar-refractivity contribution in [2.75, 3.05) is 6.54 Å². The number of aromatic amines is 1. The molecule has 18 heavy (non-hydrogen) atoms. The molecule has 2 unspecified atom stereocenters. The number of hydrogen-bond acceptors (Lipinski definition) is 3. The molecule has 1 aliphatic heterocycles. The summed E-state index contributed by atoms with van der Waals surface area (Å²) in [6, 6.07) is 1.99. The maximum absolute atomic E-state index is 11.8. The summed E-state index contributed by atoms with van der Waals surface area (Å²) in [6.07, 6.45) is 0.917. The lowest BCUT2D eigenvalue weighted by Crippen LogP contribution is -2.37. The van der Waals surface area contributed by atoms with Gasteiger partial charge in [-0.05, 0) is 19.9 Å². The van der Waals surface area contributed by atoms with E-state index in [1.165, 1.54) is 0 Å². The third kappa shape index (κ3) is 2.52. The number of carbonyl (C=O) groups is 2. The molecule has 0 aliphatic carbocycles. The summed E-state index contributed by atoms with van der Waals surface area (Å²) >= 11 is 0. The number of likely N-dealkylation sites (tertiary alicyclic amines) is 1. The highest BCUT2D eigenvalue weighted by atomic mass is 16.2. The Balaban J connectivity index is 1.99. The predicted octanol–water partition coefficient (Wildman–Crippen LogP) is -0.0171. The van der Waals surface area contributed by atoms with Gasteiger partial charge in [-0.2, -0.15) is 5.10 Å². The van der Waals surface area contributed by atoms with Crippen LogP contribution in [0.3, 0.4) is 0 Å². The van der Waals surface area contributed by atoms with Crippen LogP contribution in [0.2, 0.25) is 0 Å². The van der Waals surface area contributed by atoms with Gasteiger partial charge in [-0.25, -0.2) is 0 Å². The molecule has 0 saturated carbocycles. The number of rotatable bonds is 4. The Morgan fingerprint density at radius 3 is 2.94 bits per heavy atom. The summed E-state index contributed by atoms with van der Waals surface area (Å²) in [5.41, 5.74) is 7.17. The zero-order valence-corrected chi connectivity index (χ0v) is 10.6. The van der Waals surface area contributed by atoms with Crippen molar-refractivity contribution in [3.63, 3.8) is 0 Å². The van der Waals surface area contributed by atoms with Crippen molar-refractivity contribution in [1.29, 1.82) is 0 Å². The van der Waals surface area contributed by atoms with Gasteiger partial charge in [0.25, 0.3) is 0 Å². The summed E-state index contributed by atoms with van der Waals surface area (Å²) in [5.74, 6) is -0.743. The minimum absolute atomic E-state index is 0.00134. The maximum atomic E-state index is 11.8. The number of nitrogens with two attached hydrogens (primary N) is 1. The fraction of sp³-hybridized carbons (Fsp3) is 0.583. The minimum atomic E-state index is -0.395. The van der Waals surface area contributed by atoms with Crippen LogP contribution in [0.5, 0.6) is 0 Å². The van der Waals surface area contributed by atoms with Crippen molar-refractivity contribution < 1.29 is 9.59 Å². The van der Waals surface area contributed by atoms with E-state index in [4.69, 9.17) is 5.73 Å². The van der Waals surface area contributed by atoms with Crippen molar-refractivity contribution in [3.8, 4) is 0 Å². The third-order valence-electron chi connectivity index (χ3n) is 3.36. The molecular weight excluding hydrogens is 232 g/mol. The molecule has 1 aromatic rings. The number of aromatic nitrogens is 2. The van der Waals surface area contributed by atoms with Crippen molar-refractivity contribution in [2.45, 2.75) is 32.7 Å². The molecule has 1 saturated heterocycles. The molecule has 2 atom stereocenters. The molecule has 0 spiro atoms. The smallest absolute Gasteiger partial charge is 0.223 e. The zero-order chi connectivity index (χ0) is 13.3. The lowest BCUT2D eigenvalue weighted by Gasteiger charge is -2.23. The van der Waals surface area contributed by atoms with Crippen LogP contribution in [0.1, 0.15) is 24.7 Å². The number of hydrogen-bond donors (Lipinski definition) is 2. The van der Waals surface area contributed by atoms with Crippen LogP contribution in [0.15, 0.2) is 6.07 Å². The van der Waals surface area contributed by atoms with Gasteiger partial charge in [-0.15, -0.1) is 0 Å². The second kappa shape index (κ2) is 4.80. The summed E-state index contributed by atoms with van der Waals surface area (Å²) in [7, 11) is 0. The molecule has 0 radical (unpaired) electrons. The van der Waals surface area contributed by atoms with Crippen LogP contribution < -0.4 is 5.73 Å². The SMILES string of the molecule is Cc1cc(CC(C)N2CC(C(N)=O)CC2=O)n[nH]1. The molecule has 2 amide bonds. The van der Waals surface area contributed by atoms with Gasteiger partial charge >= 0.3 is 0 Å². The standard InChI is InChI=1S/C12H18N4O2/c1-7-3-10(15-14-7)4-8(2)16-6-9(12(13)18)5-11(16)17/h3,8-9H,4-6H2,1-2H3,(H2,13,18)(H,14,15). The van der Waals surface area contributed by atoms with Crippen LogP contribution >= 0.6 is 0 Å². The van der Waals surface area contributed by atoms with Gasteiger partial charge in [0.2, 0.25) is 11.8 Å². The molecular formula is C12H18N4O2. The molecule has 0 bridgehead atoms. The molecule has 1 aromatic heterocycles. The summed E-state index contributed by atoms with van der Waals surface area (Å²) in [6.45, 7) is 4.33. The van der Waals surface area contributed by atoms with E-state index in [9.17, 15) is 9.59 Å². The minimum Gasteiger partial charge on any atom is -0.369 e. The number of primary amides is 1. The van der Waals surface area contributed by atoms with Crippen LogP contribution in [0.25, 0.3) is 0 Å².